The molecule has 0 saturated heterocycles. The van der Waals surface area contributed by atoms with Crippen molar-refractivity contribution in [3.05, 3.63) is 34.9 Å². The van der Waals surface area contributed by atoms with Crippen molar-refractivity contribution in [2.45, 2.75) is 91.1 Å². The van der Waals surface area contributed by atoms with E-state index in [2.05, 4.69) is 39.0 Å². The molecular weight excluding hydrogens is 256 g/mol. The molecule has 1 unspecified atom stereocenters. The summed E-state index contributed by atoms with van der Waals surface area (Å²) in [5.41, 5.74) is 2.94. The summed E-state index contributed by atoms with van der Waals surface area (Å²) in [4.78, 5) is 0. The molecule has 0 bridgehead atoms. The first-order valence-corrected chi connectivity index (χ1v) is 8.77. The molecule has 21 heavy (non-hydrogen) atoms. The SMILES string of the molecule is CCCCCCCCCCC(C)(O)c1ccc(C)c(C)c1. The second-order valence-electron chi connectivity index (χ2n) is 6.80. The molecule has 0 spiro atoms. The van der Waals surface area contributed by atoms with Crippen LogP contribution in [-0.4, -0.2) is 5.11 Å². The van der Waals surface area contributed by atoms with E-state index in [0.717, 1.165) is 18.4 Å². The topological polar surface area (TPSA) is 20.2 Å². The van der Waals surface area contributed by atoms with Crippen LogP contribution >= 0.6 is 0 Å². The third-order valence-corrected chi connectivity index (χ3v) is 4.65. The van der Waals surface area contributed by atoms with Crippen LogP contribution < -0.4 is 0 Å². The van der Waals surface area contributed by atoms with Crippen LogP contribution in [-0.2, 0) is 5.60 Å². The number of aliphatic hydroxyl groups is 1. The van der Waals surface area contributed by atoms with Gasteiger partial charge in [0.05, 0.1) is 5.60 Å². The molecule has 0 aliphatic carbocycles. The zero-order valence-corrected chi connectivity index (χ0v) is 14.5. The maximum absolute atomic E-state index is 10.7. The molecule has 1 heteroatoms. The van der Waals surface area contributed by atoms with Gasteiger partial charge in [0.1, 0.15) is 0 Å². The van der Waals surface area contributed by atoms with Gasteiger partial charge in [0, 0.05) is 0 Å². The van der Waals surface area contributed by atoms with Gasteiger partial charge in [-0.15, -0.1) is 0 Å². The molecule has 1 atom stereocenters. The van der Waals surface area contributed by atoms with E-state index in [9.17, 15) is 5.11 Å². The highest BCUT2D eigenvalue weighted by atomic mass is 16.3. The van der Waals surface area contributed by atoms with Crippen molar-refractivity contribution in [3.8, 4) is 0 Å². The summed E-state index contributed by atoms with van der Waals surface area (Å²) < 4.78 is 0. The molecule has 0 radical (unpaired) electrons. The fraction of sp³-hybridized carbons (Fsp3) is 0.700. The Morgan fingerprint density at radius 3 is 2.00 bits per heavy atom. The Morgan fingerprint density at radius 1 is 0.857 bits per heavy atom. The quantitative estimate of drug-likeness (QED) is 0.521. The minimum absolute atomic E-state index is 0.680. The summed E-state index contributed by atoms with van der Waals surface area (Å²) in [7, 11) is 0. The van der Waals surface area contributed by atoms with E-state index in [1.807, 2.05) is 6.92 Å². The number of benzene rings is 1. The van der Waals surface area contributed by atoms with Crippen molar-refractivity contribution in [3.63, 3.8) is 0 Å². The van der Waals surface area contributed by atoms with Gasteiger partial charge in [0.2, 0.25) is 0 Å². The van der Waals surface area contributed by atoms with E-state index in [0.29, 0.717) is 0 Å². The Hall–Kier alpha value is -0.820. The molecule has 0 saturated carbocycles. The average molecular weight is 290 g/mol. The van der Waals surface area contributed by atoms with Crippen LogP contribution in [0.2, 0.25) is 0 Å². The number of aryl methyl sites for hydroxylation is 2. The van der Waals surface area contributed by atoms with Crippen molar-refractivity contribution in [2.24, 2.45) is 0 Å². The van der Waals surface area contributed by atoms with Crippen LogP contribution in [0.25, 0.3) is 0 Å². The molecule has 0 aromatic heterocycles. The van der Waals surface area contributed by atoms with E-state index < -0.39 is 5.60 Å². The Morgan fingerprint density at radius 2 is 1.43 bits per heavy atom. The summed E-state index contributed by atoms with van der Waals surface area (Å²) >= 11 is 0. The lowest BCUT2D eigenvalue weighted by Gasteiger charge is -2.24. The van der Waals surface area contributed by atoms with Crippen LogP contribution in [0.1, 0.15) is 88.3 Å². The van der Waals surface area contributed by atoms with Gasteiger partial charge in [0.25, 0.3) is 0 Å². The third-order valence-electron chi connectivity index (χ3n) is 4.65. The van der Waals surface area contributed by atoms with Crippen molar-refractivity contribution in [1.82, 2.24) is 0 Å². The second-order valence-corrected chi connectivity index (χ2v) is 6.80. The molecule has 0 aliphatic heterocycles. The summed E-state index contributed by atoms with van der Waals surface area (Å²) in [5.74, 6) is 0. The van der Waals surface area contributed by atoms with Crippen LogP contribution in [0.3, 0.4) is 0 Å². The summed E-state index contributed by atoms with van der Waals surface area (Å²) in [6.07, 6.45) is 11.3. The fourth-order valence-corrected chi connectivity index (χ4v) is 2.82. The van der Waals surface area contributed by atoms with Gasteiger partial charge in [-0.3, -0.25) is 0 Å². The second kappa shape index (κ2) is 9.25. The minimum atomic E-state index is -0.680. The van der Waals surface area contributed by atoms with E-state index >= 15 is 0 Å². The van der Waals surface area contributed by atoms with Crippen molar-refractivity contribution in [1.29, 1.82) is 0 Å². The summed E-state index contributed by atoms with van der Waals surface area (Å²) in [5, 5.41) is 10.7. The Balaban J connectivity index is 2.28. The predicted molar refractivity (Wildman–Crippen MR) is 92.7 cm³/mol. The van der Waals surface area contributed by atoms with E-state index in [4.69, 9.17) is 0 Å². The van der Waals surface area contributed by atoms with E-state index in [1.165, 1.54) is 56.1 Å². The van der Waals surface area contributed by atoms with Crippen LogP contribution in [0, 0.1) is 13.8 Å². The highest BCUT2D eigenvalue weighted by Gasteiger charge is 2.22. The average Bonchev–Trinajstić information content (AvgIpc) is 2.44. The molecule has 0 amide bonds. The molecule has 1 nitrogen and oxygen atoms in total. The smallest absolute Gasteiger partial charge is 0.0868 e. The van der Waals surface area contributed by atoms with Gasteiger partial charge in [-0.25, -0.2) is 0 Å². The standard InChI is InChI=1S/C20H34O/c1-5-6-7-8-9-10-11-12-15-20(4,21)19-14-13-17(2)18(3)16-19/h13-14,16,21H,5-12,15H2,1-4H3. The molecule has 0 fully saturated rings. The molecule has 1 rings (SSSR count). The number of unbranched alkanes of at least 4 members (excludes halogenated alkanes) is 7. The Bertz CT molecular complexity index is 406. The highest BCUT2D eigenvalue weighted by Crippen LogP contribution is 2.28. The molecule has 0 heterocycles. The van der Waals surface area contributed by atoms with Crippen LogP contribution in [0.5, 0.6) is 0 Å². The molecular formula is C20H34O. The maximum Gasteiger partial charge on any atom is 0.0868 e. The molecule has 1 N–H and O–H groups in total. The van der Waals surface area contributed by atoms with Crippen molar-refractivity contribution >= 4 is 0 Å². The number of hydrogen-bond donors (Lipinski definition) is 1. The monoisotopic (exact) mass is 290 g/mol. The van der Waals surface area contributed by atoms with Crippen molar-refractivity contribution in [2.75, 3.05) is 0 Å². The van der Waals surface area contributed by atoms with Crippen LogP contribution in [0.4, 0.5) is 0 Å². The number of hydrogen-bond acceptors (Lipinski definition) is 1. The molecule has 120 valence electrons. The van der Waals surface area contributed by atoms with Gasteiger partial charge < -0.3 is 5.11 Å². The van der Waals surface area contributed by atoms with Gasteiger partial charge >= 0.3 is 0 Å². The maximum atomic E-state index is 10.7. The predicted octanol–water partition coefficient (Wildman–Crippen LogP) is 6.04. The normalized spacial score (nSPS) is 14.1. The van der Waals surface area contributed by atoms with Gasteiger partial charge in [-0.05, 0) is 43.9 Å². The summed E-state index contributed by atoms with van der Waals surface area (Å²) in [6.45, 7) is 8.45. The first-order chi connectivity index (χ1) is 9.97. The number of rotatable bonds is 10. The Labute approximate surface area is 131 Å². The zero-order valence-electron chi connectivity index (χ0n) is 14.5. The lowest BCUT2D eigenvalue weighted by Crippen LogP contribution is -2.21. The van der Waals surface area contributed by atoms with Gasteiger partial charge in [-0.1, -0.05) is 76.5 Å². The third kappa shape index (κ3) is 6.65. The molecule has 0 aliphatic rings. The molecule has 1 aromatic carbocycles. The lowest BCUT2D eigenvalue weighted by atomic mass is 9.88. The van der Waals surface area contributed by atoms with Gasteiger partial charge in [0.15, 0.2) is 0 Å². The fourth-order valence-electron chi connectivity index (χ4n) is 2.82. The minimum Gasteiger partial charge on any atom is -0.385 e. The van der Waals surface area contributed by atoms with Crippen LogP contribution in [0.15, 0.2) is 18.2 Å². The van der Waals surface area contributed by atoms with Gasteiger partial charge in [-0.2, -0.15) is 0 Å². The Kier molecular flexibility index (Phi) is 8.03. The van der Waals surface area contributed by atoms with E-state index in [-0.39, 0.29) is 0 Å². The largest absolute Gasteiger partial charge is 0.385 e. The highest BCUT2D eigenvalue weighted by molar-refractivity contribution is 5.32. The first-order valence-electron chi connectivity index (χ1n) is 8.77. The zero-order chi connectivity index (χ0) is 15.7. The first kappa shape index (κ1) is 18.2. The summed E-state index contributed by atoms with van der Waals surface area (Å²) in [6, 6.07) is 6.33. The van der Waals surface area contributed by atoms with E-state index in [1.54, 1.807) is 0 Å². The molecule has 1 aromatic rings. The van der Waals surface area contributed by atoms with Crippen molar-refractivity contribution < 1.29 is 5.11 Å². The lowest BCUT2D eigenvalue weighted by molar-refractivity contribution is 0.0447.